The van der Waals surface area contributed by atoms with Crippen LogP contribution in [0.4, 0.5) is 0 Å². The first-order chi connectivity index (χ1) is 5.20. The van der Waals surface area contributed by atoms with Crippen LogP contribution in [0.15, 0.2) is 0 Å². The zero-order chi connectivity index (χ0) is 8.01. The summed E-state index contributed by atoms with van der Waals surface area (Å²) >= 11 is 2.15. The van der Waals surface area contributed by atoms with E-state index < -0.39 is 0 Å². The van der Waals surface area contributed by atoms with Crippen LogP contribution in [0.25, 0.3) is 0 Å². The fraction of sp³-hybridized carbons (Fsp3) is 1.00. The summed E-state index contributed by atoms with van der Waals surface area (Å²) in [7, 11) is 2.29. The Morgan fingerprint density at radius 3 is 2.82 bits per heavy atom. The fourth-order valence-corrected chi connectivity index (χ4v) is 4.12. The smallest absolute Gasteiger partial charge is 0.0560 e. The third kappa shape index (κ3) is 1.11. The van der Waals surface area contributed by atoms with Gasteiger partial charge in [-0.2, -0.15) is 0 Å². The van der Waals surface area contributed by atoms with Crippen molar-refractivity contribution in [3.05, 3.63) is 0 Å². The van der Waals surface area contributed by atoms with Crippen molar-refractivity contribution in [1.82, 2.24) is 4.90 Å². The summed E-state index contributed by atoms with van der Waals surface area (Å²) in [6.07, 6.45) is 1.40. The van der Waals surface area contributed by atoms with Gasteiger partial charge in [-0.25, -0.2) is 0 Å². The Kier molecular flexibility index (Phi) is 1.92. The van der Waals surface area contributed by atoms with Gasteiger partial charge in [0, 0.05) is 11.8 Å². The molecule has 2 aliphatic rings. The SMILES string of the molecule is CC1CC2SCC(C1C)N2C. The van der Waals surface area contributed by atoms with Crippen molar-refractivity contribution in [3.8, 4) is 0 Å². The molecule has 11 heavy (non-hydrogen) atoms. The molecule has 0 aromatic carbocycles. The molecule has 0 N–H and O–H groups in total. The predicted molar refractivity (Wildman–Crippen MR) is 50.7 cm³/mol. The highest BCUT2D eigenvalue weighted by Gasteiger charge is 2.41. The Morgan fingerprint density at radius 1 is 1.36 bits per heavy atom. The van der Waals surface area contributed by atoms with Crippen molar-refractivity contribution >= 4 is 11.8 Å². The third-order valence-corrected chi connectivity index (χ3v) is 4.96. The molecule has 0 aromatic heterocycles. The molecule has 0 radical (unpaired) electrons. The van der Waals surface area contributed by atoms with E-state index in [1.54, 1.807) is 0 Å². The van der Waals surface area contributed by atoms with Gasteiger partial charge in [-0.05, 0) is 25.3 Å². The highest BCUT2D eigenvalue weighted by molar-refractivity contribution is 8.00. The molecule has 64 valence electrons. The molecular formula is C9H17NS. The van der Waals surface area contributed by atoms with Crippen LogP contribution in [0.5, 0.6) is 0 Å². The van der Waals surface area contributed by atoms with Crippen LogP contribution < -0.4 is 0 Å². The van der Waals surface area contributed by atoms with Gasteiger partial charge in [-0.15, -0.1) is 11.8 Å². The molecule has 2 bridgehead atoms. The average molecular weight is 171 g/mol. The molecule has 2 saturated heterocycles. The molecule has 2 heteroatoms. The predicted octanol–water partition coefficient (Wildman–Crippen LogP) is 2.04. The topological polar surface area (TPSA) is 3.24 Å². The molecular weight excluding hydrogens is 154 g/mol. The minimum atomic E-state index is 0.839. The number of nitrogens with zero attached hydrogens (tertiary/aromatic N) is 1. The molecule has 0 aromatic rings. The Balaban J connectivity index is 2.16. The Labute approximate surface area is 73.5 Å². The van der Waals surface area contributed by atoms with E-state index in [0.717, 1.165) is 23.3 Å². The van der Waals surface area contributed by atoms with Crippen molar-refractivity contribution in [1.29, 1.82) is 0 Å². The quantitative estimate of drug-likeness (QED) is 0.548. The van der Waals surface area contributed by atoms with Crippen molar-refractivity contribution in [3.63, 3.8) is 0 Å². The van der Waals surface area contributed by atoms with Gasteiger partial charge in [0.25, 0.3) is 0 Å². The molecule has 1 nitrogen and oxygen atoms in total. The second kappa shape index (κ2) is 2.67. The lowest BCUT2D eigenvalue weighted by atomic mass is 9.83. The number of rotatable bonds is 0. The summed E-state index contributed by atoms with van der Waals surface area (Å²) < 4.78 is 0. The summed E-state index contributed by atoms with van der Waals surface area (Å²) in [5, 5.41) is 0.839. The van der Waals surface area contributed by atoms with E-state index in [1.165, 1.54) is 12.2 Å². The van der Waals surface area contributed by atoms with Crippen LogP contribution in [0.3, 0.4) is 0 Å². The second-order valence-corrected chi connectivity index (χ2v) is 5.30. The summed E-state index contributed by atoms with van der Waals surface area (Å²) in [4.78, 5) is 2.58. The van der Waals surface area contributed by atoms with Crippen LogP contribution in [0.2, 0.25) is 0 Å². The van der Waals surface area contributed by atoms with Crippen LogP contribution in [-0.4, -0.2) is 29.1 Å². The van der Waals surface area contributed by atoms with E-state index in [1.807, 2.05) is 0 Å². The molecule has 0 spiro atoms. The fourth-order valence-electron chi connectivity index (χ4n) is 2.33. The van der Waals surface area contributed by atoms with Crippen LogP contribution in [-0.2, 0) is 0 Å². The molecule has 0 saturated carbocycles. The van der Waals surface area contributed by atoms with E-state index in [-0.39, 0.29) is 0 Å². The maximum atomic E-state index is 2.58. The molecule has 2 aliphatic heterocycles. The van der Waals surface area contributed by atoms with E-state index in [9.17, 15) is 0 Å². The molecule has 2 fully saturated rings. The van der Waals surface area contributed by atoms with Gasteiger partial charge in [-0.3, -0.25) is 4.90 Å². The van der Waals surface area contributed by atoms with E-state index >= 15 is 0 Å². The summed E-state index contributed by atoms with van der Waals surface area (Å²) in [6, 6.07) is 0.869. The third-order valence-electron chi connectivity index (χ3n) is 3.51. The maximum absolute atomic E-state index is 2.58. The lowest BCUT2D eigenvalue weighted by molar-refractivity contribution is 0.101. The minimum Gasteiger partial charge on any atom is -0.290 e. The lowest BCUT2D eigenvalue weighted by Gasteiger charge is -2.39. The molecule has 0 amide bonds. The van der Waals surface area contributed by atoms with Gasteiger partial charge in [-0.1, -0.05) is 13.8 Å². The number of piperidine rings is 1. The number of hydrogen-bond donors (Lipinski definition) is 0. The van der Waals surface area contributed by atoms with E-state index in [0.29, 0.717) is 0 Å². The maximum Gasteiger partial charge on any atom is 0.0560 e. The zero-order valence-corrected chi connectivity index (χ0v) is 8.40. The number of thioether (sulfide) groups is 1. The van der Waals surface area contributed by atoms with Gasteiger partial charge >= 0.3 is 0 Å². The molecule has 4 atom stereocenters. The summed E-state index contributed by atoms with van der Waals surface area (Å²) in [5.41, 5.74) is 0. The zero-order valence-electron chi connectivity index (χ0n) is 7.58. The van der Waals surface area contributed by atoms with E-state index in [4.69, 9.17) is 0 Å². The van der Waals surface area contributed by atoms with Crippen LogP contribution in [0.1, 0.15) is 20.3 Å². The highest BCUT2D eigenvalue weighted by atomic mass is 32.2. The van der Waals surface area contributed by atoms with Crippen molar-refractivity contribution in [2.75, 3.05) is 12.8 Å². The highest BCUT2D eigenvalue weighted by Crippen LogP contribution is 2.43. The van der Waals surface area contributed by atoms with Crippen LogP contribution in [0, 0.1) is 11.8 Å². The van der Waals surface area contributed by atoms with Gasteiger partial charge in [0.15, 0.2) is 0 Å². The average Bonchev–Trinajstić information content (AvgIpc) is 2.23. The van der Waals surface area contributed by atoms with Gasteiger partial charge in [0.05, 0.1) is 5.37 Å². The molecule has 2 rings (SSSR count). The minimum absolute atomic E-state index is 0.839. The molecule has 4 unspecified atom stereocenters. The van der Waals surface area contributed by atoms with Crippen LogP contribution >= 0.6 is 11.8 Å². The number of hydrogen-bond acceptors (Lipinski definition) is 2. The lowest BCUT2D eigenvalue weighted by Crippen LogP contribution is -2.45. The van der Waals surface area contributed by atoms with E-state index in [2.05, 4.69) is 37.6 Å². The first kappa shape index (κ1) is 7.93. The Morgan fingerprint density at radius 2 is 2.09 bits per heavy atom. The molecule has 2 heterocycles. The summed E-state index contributed by atoms with van der Waals surface area (Å²) in [5.74, 6) is 3.22. The first-order valence-electron chi connectivity index (χ1n) is 4.53. The van der Waals surface area contributed by atoms with Gasteiger partial charge < -0.3 is 0 Å². The van der Waals surface area contributed by atoms with Gasteiger partial charge in [0.1, 0.15) is 0 Å². The number of fused-ring (bicyclic) bond motifs is 2. The van der Waals surface area contributed by atoms with Crippen molar-refractivity contribution in [2.24, 2.45) is 11.8 Å². The van der Waals surface area contributed by atoms with Crippen molar-refractivity contribution in [2.45, 2.75) is 31.7 Å². The largest absolute Gasteiger partial charge is 0.290 e. The molecule has 0 aliphatic carbocycles. The standard InChI is InChI=1S/C9H17NS/c1-6-4-9-10(3)8(5-11-9)7(6)2/h6-9H,4-5H2,1-3H3. The van der Waals surface area contributed by atoms with Gasteiger partial charge in [0.2, 0.25) is 0 Å². The Hall–Kier alpha value is 0.310. The monoisotopic (exact) mass is 171 g/mol. The Bertz CT molecular complexity index is 160. The first-order valence-corrected chi connectivity index (χ1v) is 5.58. The second-order valence-electron chi connectivity index (χ2n) is 4.09. The summed E-state index contributed by atoms with van der Waals surface area (Å²) in [6.45, 7) is 4.82. The normalized spacial score (nSPS) is 51.5. The van der Waals surface area contributed by atoms with Crippen molar-refractivity contribution < 1.29 is 0 Å².